The fourth-order valence-corrected chi connectivity index (χ4v) is 4.48. The Morgan fingerprint density at radius 2 is 2.10 bits per heavy atom. The van der Waals surface area contributed by atoms with E-state index in [4.69, 9.17) is 5.10 Å². The number of nitrogens with one attached hydrogen (secondary N) is 3. The number of aromatic nitrogens is 2. The molecule has 1 aliphatic carbocycles. The van der Waals surface area contributed by atoms with Gasteiger partial charge in [-0.3, -0.25) is 14.9 Å². The lowest BCUT2D eigenvalue weighted by molar-refractivity contribution is -0.126. The zero-order chi connectivity index (χ0) is 21.3. The van der Waals surface area contributed by atoms with Gasteiger partial charge in [0.2, 0.25) is 5.91 Å². The van der Waals surface area contributed by atoms with Gasteiger partial charge in [0.1, 0.15) is 5.82 Å². The maximum absolute atomic E-state index is 13.1. The highest BCUT2D eigenvalue weighted by molar-refractivity contribution is 7.99. The van der Waals surface area contributed by atoms with Gasteiger partial charge in [-0.05, 0) is 36.6 Å². The number of hydrogen-bond acceptors (Lipinski definition) is 5. The Morgan fingerprint density at radius 3 is 2.80 bits per heavy atom. The van der Waals surface area contributed by atoms with Crippen molar-refractivity contribution in [3.8, 4) is 0 Å². The Bertz CT molecular complexity index is 937. The van der Waals surface area contributed by atoms with E-state index in [9.17, 15) is 9.59 Å². The SMILES string of the molecule is CCSc1ccccc1C(=O)Nc1cc(C2CC2)nn1C1NC(=O)CC(C(C)C)N1. The van der Waals surface area contributed by atoms with Crippen LogP contribution < -0.4 is 16.0 Å². The number of anilines is 1. The molecule has 0 spiro atoms. The fourth-order valence-electron chi connectivity index (χ4n) is 3.68. The van der Waals surface area contributed by atoms with Crippen molar-refractivity contribution in [2.24, 2.45) is 5.92 Å². The van der Waals surface area contributed by atoms with Crippen LogP contribution >= 0.6 is 11.8 Å². The highest BCUT2D eigenvalue weighted by Gasteiger charge is 2.33. The van der Waals surface area contributed by atoms with Crippen LogP contribution in [0.3, 0.4) is 0 Å². The van der Waals surface area contributed by atoms with Crippen molar-refractivity contribution in [3.63, 3.8) is 0 Å². The standard InChI is InChI=1S/C22H29N5O2S/c1-4-30-18-8-6-5-7-15(18)21(29)24-19-11-17(14-9-10-14)26-27(19)22-23-16(13(2)3)12-20(28)25-22/h5-8,11,13-14,16,22-23H,4,9-10,12H2,1-3H3,(H,24,29)(H,25,28). The van der Waals surface area contributed by atoms with Gasteiger partial charge in [0.05, 0.1) is 11.3 Å². The first-order valence-corrected chi connectivity index (χ1v) is 11.6. The largest absolute Gasteiger partial charge is 0.322 e. The Kier molecular flexibility index (Phi) is 6.15. The predicted octanol–water partition coefficient (Wildman–Crippen LogP) is 3.72. The summed E-state index contributed by atoms with van der Waals surface area (Å²) in [5, 5.41) is 14.2. The van der Waals surface area contributed by atoms with Crippen molar-refractivity contribution in [1.82, 2.24) is 20.4 Å². The van der Waals surface area contributed by atoms with Gasteiger partial charge < -0.3 is 10.6 Å². The topological polar surface area (TPSA) is 88.1 Å². The summed E-state index contributed by atoms with van der Waals surface area (Å²) in [5.41, 5.74) is 1.61. The molecule has 1 saturated carbocycles. The van der Waals surface area contributed by atoms with Crippen molar-refractivity contribution < 1.29 is 9.59 Å². The molecule has 8 heteroatoms. The first-order chi connectivity index (χ1) is 14.5. The number of thioether (sulfide) groups is 1. The molecule has 2 unspecified atom stereocenters. The van der Waals surface area contributed by atoms with E-state index in [2.05, 4.69) is 36.7 Å². The monoisotopic (exact) mass is 427 g/mol. The first-order valence-electron chi connectivity index (χ1n) is 10.6. The van der Waals surface area contributed by atoms with E-state index >= 15 is 0 Å². The first kappa shape index (κ1) is 20.9. The van der Waals surface area contributed by atoms with Gasteiger partial charge in [-0.2, -0.15) is 5.10 Å². The van der Waals surface area contributed by atoms with E-state index in [1.165, 1.54) is 0 Å². The van der Waals surface area contributed by atoms with Crippen molar-refractivity contribution in [2.75, 3.05) is 11.1 Å². The molecule has 2 atom stereocenters. The third-order valence-corrected chi connectivity index (χ3v) is 6.50. The van der Waals surface area contributed by atoms with Gasteiger partial charge >= 0.3 is 0 Å². The molecular weight excluding hydrogens is 398 g/mol. The average Bonchev–Trinajstić information content (AvgIpc) is 3.49. The number of carbonyl (C=O) groups is 2. The van der Waals surface area contributed by atoms with Crippen molar-refractivity contribution in [1.29, 1.82) is 0 Å². The third kappa shape index (κ3) is 4.54. The summed E-state index contributed by atoms with van der Waals surface area (Å²) < 4.78 is 1.72. The summed E-state index contributed by atoms with van der Waals surface area (Å²) in [5.74, 6) is 2.06. The van der Waals surface area contributed by atoms with E-state index < -0.39 is 6.29 Å². The van der Waals surface area contributed by atoms with Crippen LogP contribution in [0.15, 0.2) is 35.2 Å². The normalized spacial score (nSPS) is 21.5. The zero-order valence-corrected chi connectivity index (χ0v) is 18.5. The number of amides is 2. The van der Waals surface area contributed by atoms with Crippen molar-refractivity contribution >= 4 is 29.4 Å². The highest BCUT2D eigenvalue weighted by Crippen LogP contribution is 2.40. The van der Waals surface area contributed by atoms with Crippen LogP contribution in [-0.2, 0) is 4.79 Å². The maximum Gasteiger partial charge on any atom is 0.257 e. The fraction of sp³-hybridized carbons (Fsp3) is 0.500. The molecule has 1 saturated heterocycles. The summed E-state index contributed by atoms with van der Waals surface area (Å²) in [6.07, 6.45) is 2.18. The third-order valence-electron chi connectivity index (χ3n) is 5.55. The summed E-state index contributed by atoms with van der Waals surface area (Å²) in [6, 6.07) is 9.62. The van der Waals surface area contributed by atoms with Gasteiger partial charge in [0.15, 0.2) is 6.29 Å². The van der Waals surface area contributed by atoms with Crippen LogP contribution in [0.25, 0.3) is 0 Å². The van der Waals surface area contributed by atoms with E-state index in [0.29, 0.717) is 29.6 Å². The number of rotatable bonds is 7. The predicted molar refractivity (Wildman–Crippen MR) is 119 cm³/mol. The van der Waals surface area contributed by atoms with Gasteiger partial charge in [-0.15, -0.1) is 11.8 Å². The molecule has 0 radical (unpaired) electrons. The summed E-state index contributed by atoms with van der Waals surface area (Å²) >= 11 is 1.64. The lowest BCUT2D eigenvalue weighted by Crippen LogP contribution is -2.55. The molecule has 30 heavy (non-hydrogen) atoms. The average molecular weight is 428 g/mol. The van der Waals surface area contributed by atoms with Crippen LogP contribution in [0.5, 0.6) is 0 Å². The van der Waals surface area contributed by atoms with Crippen LogP contribution in [0.1, 0.15) is 68.3 Å². The second-order valence-electron chi connectivity index (χ2n) is 8.25. The van der Waals surface area contributed by atoms with Gasteiger partial charge in [0.25, 0.3) is 5.91 Å². The zero-order valence-electron chi connectivity index (χ0n) is 17.6. The van der Waals surface area contributed by atoms with Crippen molar-refractivity contribution in [3.05, 3.63) is 41.6 Å². The highest BCUT2D eigenvalue weighted by atomic mass is 32.2. The minimum absolute atomic E-state index is 0.0112. The number of nitrogens with zero attached hydrogens (tertiary/aromatic N) is 2. The van der Waals surface area contributed by atoms with Crippen molar-refractivity contribution in [2.45, 2.75) is 63.2 Å². The Hall–Kier alpha value is -2.32. The second kappa shape index (κ2) is 8.81. The van der Waals surface area contributed by atoms with Crippen LogP contribution in [-0.4, -0.2) is 33.4 Å². The van der Waals surface area contributed by atoms with E-state index in [1.54, 1.807) is 16.4 Å². The molecular formula is C22H29N5O2S. The quantitative estimate of drug-likeness (QED) is 0.586. The van der Waals surface area contributed by atoms with E-state index in [-0.39, 0.29) is 17.9 Å². The number of benzene rings is 1. The van der Waals surface area contributed by atoms with Crippen LogP contribution in [0, 0.1) is 5.92 Å². The summed E-state index contributed by atoms with van der Waals surface area (Å²) in [6.45, 7) is 6.26. The van der Waals surface area contributed by atoms with Gasteiger partial charge in [-0.25, -0.2) is 4.68 Å². The smallest absolute Gasteiger partial charge is 0.257 e. The minimum Gasteiger partial charge on any atom is -0.322 e. The second-order valence-corrected chi connectivity index (χ2v) is 9.55. The molecule has 2 aromatic rings. The molecule has 4 rings (SSSR count). The Labute approximate surface area is 181 Å². The molecule has 2 fully saturated rings. The summed E-state index contributed by atoms with van der Waals surface area (Å²) in [7, 11) is 0. The minimum atomic E-state index is -0.485. The molecule has 2 amide bonds. The molecule has 3 N–H and O–H groups in total. The molecule has 2 aliphatic rings. The molecule has 0 bridgehead atoms. The Morgan fingerprint density at radius 1 is 1.33 bits per heavy atom. The van der Waals surface area contributed by atoms with E-state index in [0.717, 1.165) is 29.2 Å². The molecule has 1 aliphatic heterocycles. The van der Waals surface area contributed by atoms with Gasteiger partial charge in [0, 0.05) is 29.3 Å². The number of carbonyl (C=O) groups excluding carboxylic acids is 2. The molecule has 7 nitrogen and oxygen atoms in total. The summed E-state index contributed by atoms with van der Waals surface area (Å²) in [4.78, 5) is 26.4. The maximum atomic E-state index is 13.1. The molecule has 2 heterocycles. The van der Waals surface area contributed by atoms with E-state index in [1.807, 2.05) is 30.3 Å². The van der Waals surface area contributed by atoms with Crippen LogP contribution in [0.4, 0.5) is 5.82 Å². The van der Waals surface area contributed by atoms with Gasteiger partial charge in [-0.1, -0.05) is 32.9 Å². The molecule has 1 aromatic carbocycles. The lowest BCUT2D eigenvalue weighted by atomic mass is 9.99. The molecule has 1 aromatic heterocycles. The Balaban J connectivity index is 1.62. The molecule has 160 valence electrons. The van der Waals surface area contributed by atoms with Crippen LogP contribution in [0.2, 0.25) is 0 Å². The number of hydrogen-bond donors (Lipinski definition) is 3. The lowest BCUT2D eigenvalue weighted by Gasteiger charge is -2.34.